The maximum absolute atomic E-state index is 11.7. The first-order valence-electron chi connectivity index (χ1n) is 6.14. The van der Waals surface area contributed by atoms with E-state index in [0.717, 1.165) is 12.8 Å². The molecule has 98 valence electrons. The third-order valence-corrected chi connectivity index (χ3v) is 3.06. The Labute approximate surface area is 101 Å². The molecule has 0 aliphatic heterocycles. The average molecular weight is 244 g/mol. The van der Waals surface area contributed by atoms with Crippen LogP contribution in [0.2, 0.25) is 0 Å². The standard InChI is InChI=1S/C12H20O5/c1-2-16-7-8-17-12(15)10-6-4-3-5-9(10)11(13)14/h9-10H,2-8H2,1H3,(H,13,14). The highest BCUT2D eigenvalue weighted by Gasteiger charge is 2.36. The van der Waals surface area contributed by atoms with Crippen molar-refractivity contribution in [2.45, 2.75) is 32.6 Å². The molecule has 1 aliphatic carbocycles. The van der Waals surface area contributed by atoms with E-state index < -0.39 is 23.8 Å². The molecule has 1 fully saturated rings. The van der Waals surface area contributed by atoms with Crippen LogP contribution >= 0.6 is 0 Å². The Morgan fingerprint density at radius 3 is 2.41 bits per heavy atom. The number of carboxylic acids is 1. The first-order valence-corrected chi connectivity index (χ1v) is 6.14. The smallest absolute Gasteiger partial charge is 0.309 e. The largest absolute Gasteiger partial charge is 0.481 e. The number of carbonyl (C=O) groups excluding carboxylic acids is 1. The van der Waals surface area contributed by atoms with E-state index in [2.05, 4.69) is 0 Å². The van der Waals surface area contributed by atoms with E-state index in [9.17, 15) is 9.59 Å². The molecule has 2 unspecified atom stereocenters. The third-order valence-electron chi connectivity index (χ3n) is 3.06. The van der Waals surface area contributed by atoms with E-state index in [1.54, 1.807) is 0 Å². The lowest BCUT2D eigenvalue weighted by Gasteiger charge is -2.26. The molecule has 1 rings (SSSR count). The van der Waals surface area contributed by atoms with Gasteiger partial charge in [0.15, 0.2) is 0 Å². The van der Waals surface area contributed by atoms with Crippen molar-refractivity contribution in [1.82, 2.24) is 0 Å². The zero-order valence-electron chi connectivity index (χ0n) is 10.2. The van der Waals surface area contributed by atoms with E-state index >= 15 is 0 Å². The molecule has 17 heavy (non-hydrogen) atoms. The molecule has 0 aromatic rings. The van der Waals surface area contributed by atoms with Gasteiger partial charge in [0.2, 0.25) is 0 Å². The van der Waals surface area contributed by atoms with Crippen molar-refractivity contribution in [3.05, 3.63) is 0 Å². The molecule has 5 nitrogen and oxygen atoms in total. The summed E-state index contributed by atoms with van der Waals surface area (Å²) in [4.78, 5) is 22.7. The molecule has 1 aliphatic rings. The predicted molar refractivity (Wildman–Crippen MR) is 60.5 cm³/mol. The minimum Gasteiger partial charge on any atom is -0.481 e. The Hall–Kier alpha value is -1.10. The van der Waals surface area contributed by atoms with Gasteiger partial charge in [-0.05, 0) is 19.8 Å². The molecule has 1 saturated carbocycles. The van der Waals surface area contributed by atoms with E-state index in [4.69, 9.17) is 14.6 Å². The average Bonchev–Trinajstić information content (AvgIpc) is 2.34. The normalized spacial score (nSPS) is 24.3. The summed E-state index contributed by atoms with van der Waals surface area (Å²) in [6.45, 7) is 3.02. The molecule has 5 heteroatoms. The molecule has 0 aromatic carbocycles. The number of ether oxygens (including phenoxy) is 2. The van der Waals surface area contributed by atoms with E-state index in [-0.39, 0.29) is 6.61 Å². The summed E-state index contributed by atoms with van der Waals surface area (Å²) >= 11 is 0. The Bertz CT molecular complexity index is 264. The second-order valence-electron chi connectivity index (χ2n) is 4.20. The molecular formula is C12H20O5. The quantitative estimate of drug-likeness (QED) is 0.565. The summed E-state index contributed by atoms with van der Waals surface area (Å²) in [7, 11) is 0. The number of esters is 1. The third kappa shape index (κ3) is 4.34. The van der Waals surface area contributed by atoms with Crippen molar-refractivity contribution < 1.29 is 24.2 Å². The Balaban J connectivity index is 2.39. The van der Waals surface area contributed by atoms with Crippen LogP contribution in [0.1, 0.15) is 32.6 Å². The van der Waals surface area contributed by atoms with Crippen molar-refractivity contribution in [2.75, 3.05) is 19.8 Å². The van der Waals surface area contributed by atoms with E-state index in [1.165, 1.54) is 0 Å². The van der Waals surface area contributed by atoms with Gasteiger partial charge in [-0.3, -0.25) is 9.59 Å². The highest BCUT2D eigenvalue weighted by molar-refractivity contribution is 5.81. The fraction of sp³-hybridized carbons (Fsp3) is 0.833. The van der Waals surface area contributed by atoms with Crippen LogP contribution in [0.3, 0.4) is 0 Å². The number of hydrogen-bond donors (Lipinski definition) is 1. The van der Waals surface area contributed by atoms with Crippen molar-refractivity contribution in [2.24, 2.45) is 11.8 Å². The van der Waals surface area contributed by atoms with Crippen LogP contribution in [0.25, 0.3) is 0 Å². The summed E-state index contributed by atoms with van der Waals surface area (Å²) in [6, 6.07) is 0. The molecule has 1 N–H and O–H groups in total. The number of hydrogen-bond acceptors (Lipinski definition) is 4. The van der Waals surface area contributed by atoms with Gasteiger partial charge in [0.25, 0.3) is 0 Å². The highest BCUT2D eigenvalue weighted by Crippen LogP contribution is 2.31. The monoisotopic (exact) mass is 244 g/mol. The molecule has 0 bridgehead atoms. The highest BCUT2D eigenvalue weighted by atomic mass is 16.6. The number of rotatable bonds is 6. The van der Waals surface area contributed by atoms with Crippen LogP contribution in [0.5, 0.6) is 0 Å². The summed E-state index contributed by atoms with van der Waals surface area (Å²) < 4.78 is 10.1. The lowest BCUT2D eigenvalue weighted by Crippen LogP contribution is -2.34. The molecule has 0 heterocycles. The van der Waals surface area contributed by atoms with Crippen molar-refractivity contribution in [1.29, 1.82) is 0 Å². The maximum atomic E-state index is 11.7. The lowest BCUT2D eigenvalue weighted by atomic mass is 9.79. The first-order chi connectivity index (χ1) is 8.16. The van der Waals surface area contributed by atoms with Gasteiger partial charge >= 0.3 is 11.9 Å². The van der Waals surface area contributed by atoms with Crippen molar-refractivity contribution in [3.8, 4) is 0 Å². The van der Waals surface area contributed by atoms with Crippen LogP contribution < -0.4 is 0 Å². The minimum absolute atomic E-state index is 0.204. The fourth-order valence-electron chi connectivity index (χ4n) is 2.16. The molecule has 0 saturated heterocycles. The molecule has 0 radical (unpaired) electrons. The summed E-state index contributed by atoms with van der Waals surface area (Å²) in [6.07, 6.45) is 2.96. The lowest BCUT2D eigenvalue weighted by molar-refractivity contribution is -0.160. The van der Waals surface area contributed by atoms with Crippen LogP contribution in [0.4, 0.5) is 0 Å². The van der Waals surface area contributed by atoms with Gasteiger partial charge in [-0.2, -0.15) is 0 Å². The van der Waals surface area contributed by atoms with E-state index in [0.29, 0.717) is 26.1 Å². The van der Waals surface area contributed by atoms with E-state index in [1.807, 2.05) is 6.92 Å². The molecule has 0 aromatic heterocycles. The van der Waals surface area contributed by atoms with Gasteiger partial charge in [-0.25, -0.2) is 0 Å². The van der Waals surface area contributed by atoms with Crippen LogP contribution in [-0.4, -0.2) is 36.9 Å². The number of carbonyl (C=O) groups is 2. The predicted octanol–water partition coefficient (Wildman–Crippen LogP) is 1.46. The van der Waals surface area contributed by atoms with Crippen LogP contribution in [-0.2, 0) is 19.1 Å². The molecular weight excluding hydrogens is 224 g/mol. The summed E-state index contributed by atoms with van der Waals surface area (Å²) in [5.74, 6) is -2.35. The SMILES string of the molecule is CCOCCOC(=O)C1CCCCC1C(=O)O. The van der Waals surface area contributed by atoms with Gasteiger partial charge < -0.3 is 14.6 Å². The second kappa shape index (κ2) is 7.27. The Kier molecular flexibility index (Phi) is 5.97. The van der Waals surface area contributed by atoms with Gasteiger partial charge in [-0.1, -0.05) is 12.8 Å². The fourth-order valence-corrected chi connectivity index (χ4v) is 2.16. The molecule has 0 amide bonds. The Morgan fingerprint density at radius 1 is 1.18 bits per heavy atom. The number of carboxylic acid groups (broad SMARTS) is 1. The molecule has 0 spiro atoms. The van der Waals surface area contributed by atoms with Gasteiger partial charge in [0, 0.05) is 6.61 Å². The Morgan fingerprint density at radius 2 is 1.82 bits per heavy atom. The number of aliphatic carboxylic acids is 1. The zero-order valence-corrected chi connectivity index (χ0v) is 10.2. The summed E-state index contributed by atoms with van der Waals surface area (Å²) in [5, 5.41) is 9.03. The summed E-state index contributed by atoms with van der Waals surface area (Å²) in [5.41, 5.74) is 0. The van der Waals surface area contributed by atoms with Crippen molar-refractivity contribution in [3.63, 3.8) is 0 Å². The van der Waals surface area contributed by atoms with Crippen molar-refractivity contribution >= 4 is 11.9 Å². The molecule has 2 atom stereocenters. The van der Waals surface area contributed by atoms with Crippen LogP contribution in [0.15, 0.2) is 0 Å². The van der Waals surface area contributed by atoms with Gasteiger partial charge in [0.05, 0.1) is 18.4 Å². The first kappa shape index (κ1) is 14.0. The minimum atomic E-state index is -0.892. The zero-order chi connectivity index (χ0) is 12.7. The second-order valence-corrected chi connectivity index (χ2v) is 4.20. The van der Waals surface area contributed by atoms with Crippen LogP contribution in [0, 0.1) is 11.8 Å². The topological polar surface area (TPSA) is 72.8 Å². The van der Waals surface area contributed by atoms with Gasteiger partial charge in [-0.15, -0.1) is 0 Å². The van der Waals surface area contributed by atoms with Gasteiger partial charge in [0.1, 0.15) is 6.61 Å². The maximum Gasteiger partial charge on any atom is 0.309 e.